The van der Waals surface area contributed by atoms with Gasteiger partial charge in [0.15, 0.2) is 42.4 Å². The lowest BCUT2D eigenvalue weighted by atomic mass is 9.97. The van der Waals surface area contributed by atoms with Crippen LogP contribution in [-0.2, 0) is 13.8 Å². The van der Waals surface area contributed by atoms with Crippen LogP contribution in [-0.4, -0.2) is 62.1 Å². The maximum absolute atomic E-state index is 15.2. The highest BCUT2D eigenvalue weighted by molar-refractivity contribution is 7.38. The summed E-state index contributed by atoms with van der Waals surface area (Å²) in [5, 5.41) is 10.2. The lowest BCUT2D eigenvalue weighted by molar-refractivity contribution is -0.201. The SMILES string of the molecule is CCOc1nc(N)nc2c1ncn2[C@@H]1O[C@](F)(CO[P+](C)=O)[C@@H](O)[C@@]1(C)F. The summed E-state index contributed by atoms with van der Waals surface area (Å²) in [6, 6.07) is 0. The molecule has 3 N–H and O–H groups in total. The minimum absolute atomic E-state index is 0.0405. The van der Waals surface area contributed by atoms with Crippen molar-refractivity contribution in [1.82, 2.24) is 19.5 Å². The summed E-state index contributed by atoms with van der Waals surface area (Å²) in [4.78, 5) is 12.0. The van der Waals surface area contributed by atoms with Crippen LogP contribution in [0.3, 0.4) is 0 Å². The number of hydrogen-bond acceptors (Lipinski definition) is 9. The highest BCUT2D eigenvalue weighted by Crippen LogP contribution is 2.49. The van der Waals surface area contributed by atoms with Gasteiger partial charge in [0.1, 0.15) is 0 Å². The fourth-order valence-electron chi connectivity index (χ4n) is 2.86. The van der Waals surface area contributed by atoms with Gasteiger partial charge in [-0.3, -0.25) is 4.57 Å². The number of nitrogens with zero attached hydrogens (tertiary/aromatic N) is 4. The molecule has 0 spiro atoms. The molecule has 3 heterocycles. The number of nitrogen functional groups attached to an aromatic ring is 1. The largest absolute Gasteiger partial charge is 0.505 e. The van der Waals surface area contributed by atoms with E-state index in [0.717, 1.165) is 17.8 Å². The van der Waals surface area contributed by atoms with E-state index in [9.17, 15) is 9.67 Å². The number of halogens is 2. The normalized spacial score (nSPS) is 31.4. The van der Waals surface area contributed by atoms with Gasteiger partial charge in [-0.1, -0.05) is 0 Å². The van der Waals surface area contributed by atoms with Crippen LogP contribution < -0.4 is 10.5 Å². The fourth-order valence-corrected chi connectivity index (χ4v) is 3.22. The number of rotatable bonds is 6. The summed E-state index contributed by atoms with van der Waals surface area (Å²) >= 11 is 0. The summed E-state index contributed by atoms with van der Waals surface area (Å²) in [5.74, 6) is -3.01. The quantitative estimate of drug-likeness (QED) is 0.684. The molecule has 148 valence electrons. The van der Waals surface area contributed by atoms with E-state index in [1.54, 1.807) is 6.92 Å². The van der Waals surface area contributed by atoms with Crippen molar-refractivity contribution in [3.63, 3.8) is 0 Å². The number of fused-ring (bicyclic) bond motifs is 1. The number of aliphatic hydroxyl groups excluding tert-OH is 1. The van der Waals surface area contributed by atoms with Crippen LogP contribution in [0.4, 0.5) is 14.7 Å². The number of imidazole rings is 1. The molecular weight excluding hydrogens is 387 g/mol. The van der Waals surface area contributed by atoms with Gasteiger partial charge in [0.25, 0.3) is 5.85 Å². The van der Waals surface area contributed by atoms with Gasteiger partial charge in [0.05, 0.1) is 12.9 Å². The van der Waals surface area contributed by atoms with E-state index in [4.69, 9.17) is 19.7 Å². The first kappa shape index (κ1) is 19.7. The molecule has 2 aromatic rings. The maximum atomic E-state index is 15.2. The second kappa shape index (κ2) is 6.86. The number of ether oxygens (including phenoxy) is 2. The van der Waals surface area contributed by atoms with Crippen LogP contribution in [0.5, 0.6) is 5.88 Å². The van der Waals surface area contributed by atoms with Crippen LogP contribution in [0.1, 0.15) is 20.1 Å². The zero-order chi connectivity index (χ0) is 20.0. The second-order valence-electron chi connectivity index (χ2n) is 6.17. The number of anilines is 1. The molecule has 0 aliphatic carbocycles. The molecule has 0 amide bonds. The molecule has 1 saturated heterocycles. The smallest absolute Gasteiger partial charge is 0.476 e. The van der Waals surface area contributed by atoms with Gasteiger partial charge in [-0.2, -0.15) is 9.97 Å². The Morgan fingerprint density at radius 3 is 2.81 bits per heavy atom. The average Bonchev–Trinajstić information content (AvgIpc) is 3.07. The van der Waals surface area contributed by atoms with Gasteiger partial charge < -0.3 is 20.3 Å². The molecule has 10 nitrogen and oxygen atoms in total. The Morgan fingerprint density at radius 2 is 2.19 bits per heavy atom. The third-order valence-corrected chi connectivity index (χ3v) is 4.61. The van der Waals surface area contributed by atoms with Gasteiger partial charge >= 0.3 is 8.03 Å². The van der Waals surface area contributed by atoms with Crippen molar-refractivity contribution in [2.75, 3.05) is 25.6 Å². The van der Waals surface area contributed by atoms with Crippen molar-refractivity contribution in [1.29, 1.82) is 0 Å². The summed E-state index contributed by atoms with van der Waals surface area (Å²) in [5.41, 5.74) is 3.28. The van der Waals surface area contributed by atoms with E-state index in [-0.39, 0.29) is 29.6 Å². The molecule has 0 saturated carbocycles. The van der Waals surface area contributed by atoms with E-state index >= 15 is 8.78 Å². The summed E-state index contributed by atoms with van der Waals surface area (Å²) in [7, 11) is -2.18. The van der Waals surface area contributed by atoms with Crippen LogP contribution in [0, 0.1) is 0 Å². The third kappa shape index (κ3) is 3.33. The molecule has 1 aliphatic rings. The molecule has 27 heavy (non-hydrogen) atoms. The minimum atomic E-state index is -2.92. The summed E-state index contributed by atoms with van der Waals surface area (Å²) in [6.45, 7) is 3.26. The highest BCUT2D eigenvalue weighted by Gasteiger charge is 2.65. The molecule has 13 heteroatoms. The molecule has 0 aromatic carbocycles. The van der Waals surface area contributed by atoms with E-state index in [0.29, 0.717) is 0 Å². The molecule has 0 bridgehead atoms. The van der Waals surface area contributed by atoms with E-state index in [2.05, 4.69) is 15.0 Å². The van der Waals surface area contributed by atoms with Crippen molar-refractivity contribution in [3.8, 4) is 5.88 Å². The molecule has 5 atom stereocenters. The average molecular weight is 406 g/mol. The maximum Gasteiger partial charge on any atom is 0.505 e. The molecule has 1 unspecified atom stereocenters. The zero-order valence-corrected chi connectivity index (χ0v) is 15.7. The van der Waals surface area contributed by atoms with Crippen molar-refractivity contribution in [3.05, 3.63) is 6.33 Å². The Bertz CT molecular complexity index is 881. The lowest BCUT2D eigenvalue weighted by Crippen LogP contribution is -2.46. The Labute approximate surface area is 153 Å². The Hall–Kier alpha value is -2.01. The van der Waals surface area contributed by atoms with Crippen LogP contribution in [0.25, 0.3) is 11.2 Å². The van der Waals surface area contributed by atoms with Crippen molar-refractivity contribution in [2.45, 2.75) is 37.7 Å². The zero-order valence-electron chi connectivity index (χ0n) is 14.8. The van der Waals surface area contributed by atoms with Crippen LogP contribution in [0.2, 0.25) is 0 Å². The standard InChI is InChI=1S/C14H19F2N5O5P/c1-4-24-9-7-8(19-12(17)20-9)21(6-18-7)11-13(2,15)10(22)14(16,26-11)5-25-27(3)23/h6,10-11,22H,4-5H2,1-3H3,(H2,17,19,20)/q+1/t10-,11+,13+,14+/m0/s1. The molecular formula is C14H19F2N5O5P+. The van der Waals surface area contributed by atoms with Crippen molar-refractivity contribution in [2.24, 2.45) is 0 Å². The first-order chi connectivity index (χ1) is 12.6. The molecule has 1 aliphatic heterocycles. The minimum Gasteiger partial charge on any atom is -0.476 e. The van der Waals surface area contributed by atoms with Crippen LogP contribution in [0.15, 0.2) is 6.33 Å². The van der Waals surface area contributed by atoms with E-state index in [1.807, 2.05) is 0 Å². The third-order valence-electron chi connectivity index (χ3n) is 4.12. The van der Waals surface area contributed by atoms with Gasteiger partial charge in [-0.05, 0) is 18.4 Å². The number of aromatic nitrogens is 4. The molecule has 3 rings (SSSR count). The Balaban J connectivity index is 2.04. The Morgan fingerprint density at radius 1 is 1.48 bits per heavy atom. The number of nitrogens with two attached hydrogens (primary N) is 1. The monoisotopic (exact) mass is 406 g/mol. The summed E-state index contributed by atoms with van der Waals surface area (Å²) in [6.07, 6.45) is -2.71. The molecule has 2 aromatic heterocycles. The van der Waals surface area contributed by atoms with E-state index in [1.165, 1.54) is 6.66 Å². The van der Waals surface area contributed by atoms with Crippen molar-refractivity contribution >= 4 is 25.1 Å². The predicted octanol–water partition coefficient (Wildman–Crippen LogP) is 1.48. The molecule has 1 fully saturated rings. The van der Waals surface area contributed by atoms with Gasteiger partial charge in [0.2, 0.25) is 11.8 Å². The second-order valence-corrected chi connectivity index (χ2v) is 7.30. The first-order valence-electron chi connectivity index (χ1n) is 8.00. The Kier molecular flexibility index (Phi) is 5.02. The topological polar surface area (TPSA) is 135 Å². The first-order valence-corrected chi connectivity index (χ1v) is 9.63. The number of alkyl halides is 2. The summed E-state index contributed by atoms with van der Waals surface area (Å²) < 4.78 is 57.6. The van der Waals surface area contributed by atoms with Crippen molar-refractivity contribution < 1.29 is 32.4 Å². The predicted molar refractivity (Wildman–Crippen MR) is 89.9 cm³/mol. The van der Waals surface area contributed by atoms with E-state index < -0.39 is 38.5 Å². The fraction of sp³-hybridized carbons (Fsp3) is 0.643. The highest BCUT2D eigenvalue weighted by atomic mass is 31.1. The van der Waals surface area contributed by atoms with Gasteiger partial charge in [0, 0.05) is 0 Å². The lowest BCUT2D eigenvalue weighted by Gasteiger charge is -2.24. The number of hydrogen-bond donors (Lipinski definition) is 2. The number of aliphatic hydroxyl groups is 1. The molecule has 0 radical (unpaired) electrons. The van der Waals surface area contributed by atoms with Gasteiger partial charge in [-0.25, -0.2) is 13.8 Å². The van der Waals surface area contributed by atoms with Gasteiger partial charge in [-0.15, -0.1) is 4.52 Å². The van der Waals surface area contributed by atoms with Crippen LogP contribution >= 0.6 is 8.03 Å².